The van der Waals surface area contributed by atoms with Crippen LogP contribution in [0.2, 0.25) is 0 Å². The van der Waals surface area contributed by atoms with Gasteiger partial charge in [-0.25, -0.2) is 0 Å². The minimum atomic E-state index is 0.205. The lowest BCUT2D eigenvalue weighted by molar-refractivity contribution is -0.140. The van der Waals surface area contributed by atoms with E-state index in [1.165, 1.54) is 19.3 Å². The van der Waals surface area contributed by atoms with Crippen molar-refractivity contribution in [3.8, 4) is 0 Å². The van der Waals surface area contributed by atoms with E-state index in [9.17, 15) is 4.79 Å². The number of carbonyl (C=O) groups excluding carboxylic acids is 1. The molecule has 110 valence electrons. The summed E-state index contributed by atoms with van der Waals surface area (Å²) in [6.07, 6.45) is 5.84. The van der Waals surface area contributed by atoms with Crippen molar-refractivity contribution >= 4 is 5.91 Å². The van der Waals surface area contributed by atoms with Gasteiger partial charge in [0.1, 0.15) is 0 Å². The van der Waals surface area contributed by atoms with E-state index in [-0.39, 0.29) is 5.92 Å². The van der Waals surface area contributed by atoms with Crippen LogP contribution >= 0.6 is 0 Å². The summed E-state index contributed by atoms with van der Waals surface area (Å²) >= 11 is 0. The molecule has 1 heterocycles. The minimum absolute atomic E-state index is 0.205. The molecule has 0 radical (unpaired) electrons. The van der Waals surface area contributed by atoms with Crippen LogP contribution in [0, 0.1) is 11.8 Å². The molecule has 1 aliphatic heterocycles. The van der Waals surface area contributed by atoms with Gasteiger partial charge in [-0.2, -0.15) is 0 Å². The van der Waals surface area contributed by atoms with Crippen molar-refractivity contribution in [1.82, 2.24) is 9.80 Å². The van der Waals surface area contributed by atoms with Crippen molar-refractivity contribution < 1.29 is 4.79 Å². The van der Waals surface area contributed by atoms with Crippen molar-refractivity contribution in [3.63, 3.8) is 0 Å². The maximum absolute atomic E-state index is 12.6. The van der Waals surface area contributed by atoms with Gasteiger partial charge in [0.05, 0.1) is 0 Å². The van der Waals surface area contributed by atoms with Gasteiger partial charge in [-0.3, -0.25) is 9.69 Å². The molecule has 2 fully saturated rings. The summed E-state index contributed by atoms with van der Waals surface area (Å²) in [7, 11) is 0. The van der Waals surface area contributed by atoms with Crippen LogP contribution in [-0.2, 0) is 4.79 Å². The Hall–Kier alpha value is -0.610. The molecule has 0 bridgehead atoms. The topological polar surface area (TPSA) is 49.6 Å². The highest BCUT2D eigenvalue weighted by atomic mass is 16.2. The molecule has 2 N–H and O–H groups in total. The Bertz CT molecular complexity index is 287. The van der Waals surface area contributed by atoms with Crippen LogP contribution < -0.4 is 5.73 Å². The largest absolute Gasteiger partial charge is 0.340 e. The lowest BCUT2D eigenvalue weighted by Crippen LogP contribution is -2.52. The number of carbonyl (C=O) groups is 1. The third kappa shape index (κ3) is 3.69. The van der Waals surface area contributed by atoms with Gasteiger partial charge in [0.25, 0.3) is 0 Å². The Morgan fingerprint density at radius 3 is 2.47 bits per heavy atom. The Kier molecular flexibility index (Phi) is 5.64. The first kappa shape index (κ1) is 14.8. The average molecular weight is 267 g/mol. The third-order valence-corrected chi connectivity index (χ3v) is 4.75. The lowest BCUT2D eigenvalue weighted by atomic mass is 9.78. The van der Waals surface area contributed by atoms with Crippen LogP contribution in [0.3, 0.4) is 0 Å². The molecule has 2 atom stereocenters. The second-order valence-electron chi connectivity index (χ2n) is 6.05. The highest BCUT2D eigenvalue weighted by Crippen LogP contribution is 2.31. The maximum Gasteiger partial charge on any atom is 0.226 e. The van der Waals surface area contributed by atoms with Crippen molar-refractivity contribution in [3.05, 3.63) is 0 Å². The molecule has 0 aromatic carbocycles. The van der Waals surface area contributed by atoms with E-state index in [4.69, 9.17) is 5.73 Å². The van der Waals surface area contributed by atoms with E-state index < -0.39 is 0 Å². The number of nitrogens with zero attached hydrogens (tertiary/aromatic N) is 2. The first-order valence-electron chi connectivity index (χ1n) is 7.97. The predicted molar refractivity (Wildman–Crippen MR) is 77.8 cm³/mol. The molecule has 1 aliphatic carbocycles. The molecule has 1 amide bonds. The molecule has 1 saturated heterocycles. The van der Waals surface area contributed by atoms with Crippen molar-refractivity contribution in [2.24, 2.45) is 17.6 Å². The second kappa shape index (κ2) is 7.25. The smallest absolute Gasteiger partial charge is 0.226 e. The molecular formula is C15H29N3O. The number of hydrogen-bond donors (Lipinski definition) is 1. The van der Waals surface area contributed by atoms with Gasteiger partial charge in [0.2, 0.25) is 5.91 Å². The summed E-state index contributed by atoms with van der Waals surface area (Å²) in [6.45, 7) is 7.95. The van der Waals surface area contributed by atoms with Crippen molar-refractivity contribution in [2.45, 2.75) is 39.0 Å². The first-order valence-corrected chi connectivity index (χ1v) is 7.97. The number of rotatable bonds is 4. The standard InChI is InChI=1S/C15H29N3O/c1-2-7-17-8-10-18(11-9-17)15(19)14-6-4-3-5-13(14)12-16/h13-14H,2-12,16H2,1H3. The van der Waals surface area contributed by atoms with Gasteiger partial charge >= 0.3 is 0 Å². The number of nitrogens with two attached hydrogens (primary N) is 1. The fourth-order valence-electron chi connectivity index (χ4n) is 3.56. The van der Waals surface area contributed by atoms with Crippen LogP contribution in [0.1, 0.15) is 39.0 Å². The van der Waals surface area contributed by atoms with Crippen LogP contribution in [0.25, 0.3) is 0 Å². The zero-order valence-electron chi connectivity index (χ0n) is 12.3. The molecule has 0 spiro atoms. The van der Waals surface area contributed by atoms with E-state index in [0.717, 1.165) is 45.6 Å². The first-order chi connectivity index (χ1) is 9.26. The monoisotopic (exact) mass is 267 g/mol. The van der Waals surface area contributed by atoms with Crippen LogP contribution in [0.4, 0.5) is 0 Å². The van der Waals surface area contributed by atoms with E-state index >= 15 is 0 Å². The summed E-state index contributed by atoms with van der Waals surface area (Å²) < 4.78 is 0. The van der Waals surface area contributed by atoms with Gasteiger partial charge < -0.3 is 10.6 Å². The molecule has 2 unspecified atom stereocenters. The molecule has 2 rings (SSSR count). The number of hydrogen-bond acceptors (Lipinski definition) is 3. The third-order valence-electron chi connectivity index (χ3n) is 4.75. The van der Waals surface area contributed by atoms with E-state index in [0.29, 0.717) is 18.4 Å². The zero-order chi connectivity index (χ0) is 13.7. The quantitative estimate of drug-likeness (QED) is 0.835. The molecule has 0 aromatic rings. The van der Waals surface area contributed by atoms with Gasteiger partial charge in [-0.1, -0.05) is 19.8 Å². The SMILES string of the molecule is CCCN1CCN(C(=O)C2CCCCC2CN)CC1. The van der Waals surface area contributed by atoms with Gasteiger partial charge in [0.15, 0.2) is 0 Å². The van der Waals surface area contributed by atoms with Crippen LogP contribution in [0.5, 0.6) is 0 Å². The summed E-state index contributed by atoms with van der Waals surface area (Å²) in [6, 6.07) is 0. The van der Waals surface area contributed by atoms with Gasteiger partial charge in [0, 0.05) is 32.1 Å². The summed E-state index contributed by atoms with van der Waals surface area (Å²) in [4.78, 5) is 17.2. The molecular weight excluding hydrogens is 238 g/mol. The van der Waals surface area contributed by atoms with Crippen molar-refractivity contribution in [2.75, 3.05) is 39.3 Å². The predicted octanol–water partition coefficient (Wildman–Crippen LogP) is 1.31. The number of piperazine rings is 1. The lowest BCUT2D eigenvalue weighted by Gasteiger charge is -2.39. The Balaban J connectivity index is 1.86. The fourth-order valence-corrected chi connectivity index (χ4v) is 3.56. The fraction of sp³-hybridized carbons (Fsp3) is 0.933. The average Bonchev–Trinajstić information content (AvgIpc) is 2.47. The molecule has 2 aliphatic rings. The number of amides is 1. The minimum Gasteiger partial charge on any atom is -0.340 e. The molecule has 0 aromatic heterocycles. The van der Waals surface area contributed by atoms with Gasteiger partial charge in [-0.15, -0.1) is 0 Å². The highest BCUT2D eigenvalue weighted by molar-refractivity contribution is 5.79. The Labute approximate surface area is 117 Å². The molecule has 4 nitrogen and oxygen atoms in total. The maximum atomic E-state index is 12.6. The van der Waals surface area contributed by atoms with Crippen molar-refractivity contribution in [1.29, 1.82) is 0 Å². The Morgan fingerprint density at radius 1 is 1.16 bits per heavy atom. The molecule has 4 heteroatoms. The van der Waals surface area contributed by atoms with Gasteiger partial charge in [-0.05, 0) is 38.3 Å². The van der Waals surface area contributed by atoms with Crippen LogP contribution in [0.15, 0.2) is 0 Å². The van der Waals surface area contributed by atoms with E-state index in [2.05, 4.69) is 16.7 Å². The molecule has 1 saturated carbocycles. The molecule has 19 heavy (non-hydrogen) atoms. The second-order valence-corrected chi connectivity index (χ2v) is 6.05. The Morgan fingerprint density at radius 2 is 1.84 bits per heavy atom. The zero-order valence-corrected chi connectivity index (χ0v) is 12.3. The normalized spacial score (nSPS) is 29.5. The van der Waals surface area contributed by atoms with Crippen LogP contribution in [-0.4, -0.2) is 55.0 Å². The van der Waals surface area contributed by atoms with E-state index in [1.807, 2.05) is 0 Å². The summed E-state index contributed by atoms with van der Waals surface area (Å²) in [5, 5.41) is 0. The van der Waals surface area contributed by atoms with E-state index in [1.54, 1.807) is 0 Å². The summed E-state index contributed by atoms with van der Waals surface area (Å²) in [5.74, 6) is 1.01. The highest BCUT2D eigenvalue weighted by Gasteiger charge is 2.33. The summed E-state index contributed by atoms with van der Waals surface area (Å²) in [5.41, 5.74) is 5.84.